The molecule has 3 aliphatic carbocycles. The van der Waals surface area contributed by atoms with E-state index in [4.69, 9.17) is 0 Å². The van der Waals surface area contributed by atoms with Gasteiger partial charge in [-0.25, -0.2) is 0 Å². The van der Waals surface area contributed by atoms with Crippen LogP contribution in [0.3, 0.4) is 0 Å². The number of hydrogen-bond donors (Lipinski definition) is 2. The molecule has 2 N–H and O–H groups in total. The van der Waals surface area contributed by atoms with Crippen molar-refractivity contribution in [2.45, 2.75) is 96.0 Å². The molecule has 0 spiro atoms. The Morgan fingerprint density at radius 1 is 1.08 bits per heavy atom. The molecular formula is C24H36O2. The van der Waals surface area contributed by atoms with Crippen molar-refractivity contribution in [3.8, 4) is 5.75 Å². The SMILES string of the molecule is CCCCCC[C@@H]1C[C@@H]2[C@H](CC[C@]3(C)[C@@H](O)CC[C@@H]23)c2ccc(O)cc21. The lowest BCUT2D eigenvalue weighted by Crippen LogP contribution is -2.44. The number of rotatable bonds is 5. The molecule has 0 amide bonds. The number of fused-ring (bicyclic) bond motifs is 5. The largest absolute Gasteiger partial charge is 0.508 e. The lowest BCUT2D eigenvalue weighted by Gasteiger charge is -2.51. The van der Waals surface area contributed by atoms with E-state index in [9.17, 15) is 10.2 Å². The maximum atomic E-state index is 10.6. The fourth-order valence-electron chi connectivity index (χ4n) is 6.77. The van der Waals surface area contributed by atoms with Crippen LogP contribution >= 0.6 is 0 Å². The topological polar surface area (TPSA) is 40.5 Å². The first-order chi connectivity index (χ1) is 12.5. The minimum atomic E-state index is -0.0994. The van der Waals surface area contributed by atoms with Crippen LogP contribution in [0.25, 0.3) is 0 Å². The highest BCUT2D eigenvalue weighted by atomic mass is 16.3. The van der Waals surface area contributed by atoms with Gasteiger partial charge in [-0.3, -0.25) is 0 Å². The Hall–Kier alpha value is -1.02. The molecule has 0 bridgehead atoms. The first-order valence-electron chi connectivity index (χ1n) is 11.1. The first-order valence-corrected chi connectivity index (χ1v) is 11.1. The summed E-state index contributed by atoms with van der Waals surface area (Å²) in [6.07, 6.45) is 12.2. The molecule has 0 aliphatic heterocycles. The predicted molar refractivity (Wildman–Crippen MR) is 107 cm³/mol. The summed E-state index contributed by atoms with van der Waals surface area (Å²) in [5.74, 6) is 3.06. The zero-order chi connectivity index (χ0) is 18.3. The van der Waals surface area contributed by atoms with E-state index in [2.05, 4.69) is 26.0 Å². The third-order valence-electron chi connectivity index (χ3n) is 8.26. The second kappa shape index (κ2) is 7.19. The maximum absolute atomic E-state index is 10.6. The Morgan fingerprint density at radius 3 is 2.73 bits per heavy atom. The number of benzene rings is 1. The molecule has 0 heterocycles. The van der Waals surface area contributed by atoms with Gasteiger partial charge in [-0.2, -0.15) is 0 Å². The van der Waals surface area contributed by atoms with Gasteiger partial charge in [0.2, 0.25) is 0 Å². The van der Waals surface area contributed by atoms with Gasteiger partial charge < -0.3 is 10.2 Å². The molecule has 2 nitrogen and oxygen atoms in total. The molecule has 4 rings (SSSR count). The van der Waals surface area contributed by atoms with Crippen molar-refractivity contribution in [2.75, 3.05) is 0 Å². The summed E-state index contributed by atoms with van der Waals surface area (Å²) in [6, 6.07) is 6.18. The average molecular weight is 357 g/mol. The number of aromatic hydroxyl groups is 1. The quantitative estimate of drug-likeness (QED) is 0.624. The molecule has 2 saturated carbocycles. The molecular weight excluding hydrogens is 320 g/mol. The second-order valence-electron chi connectivity index (χ2n) is 9.61. The number of hydrogen-bond acceptors (Lipinski definition) is 2. The van der Waals surface area contributed by atoms with Crippen molar-refractivity contribution in [1.29, 1.82) is 0 Å². The van der Waals surface area contributed by atoms with Crippen LogP contribution in [-0.2, 0) is 0 Å². The van der Waals surface area contributed by atoms with E-state index in [1.165, 1.54) is 62.5 Å². The molecule has 1 aromatic rings. The summed E-state index contributed by atoms with van der Waals surface area (Å²) in [7, 11) is 0. The van der Waals surface area contributed by atoms with Gasteiger partial charge in [0.15, 0.2) is 0 Å². The highest BCUT2D eigenvalue weighted by Gasteiger charge is 2.55. The minimum absolute atomic E-state index is 0.0994. The van der Waals surface area contributed by atoms with E-state index in [0.29, 0.717) is 23.5 Å². The molecule has 144 valence electrons. The Kier molecular flexibility index (Phi) is 5.07. The van der Waals surface area contributed by atoms with E-state index >= 15 is 0 Å². The van der Waals surface area contributed by atoms with Crippen LogP contribution in [0.2, 0.25) is 0 Å². The molecule has 0 unspecified atom stereocenters. The van der Waals surface area contributed by atoms with Crippen LogP contribution in [0.15, 0.2) is 18.2 Å². The van der Waals surface area contributed by atoms with Gasteiger partial charge in [0.05, 0.1) is 6.10 Å². The molecule has 0 saturated heterocycles. The number of aliphatic hydroxyl groups is 1. The molecule has 0 radical (unpaired) electrons. The molecule has 1 aromatic carbocycles. The average Bonchev–Trinajstić information content (AvgIpc) is 2.94. The summed E-state index contributed by atoms with van der Waals surface area (Å²) in [4.78, 5) is 0. The van der Waals surface area contributed by atoms with Gasteiger partial charge in [0.1, 0.15) is 5.75 Å². The van der Waals surface area contributed by atoms with Gasteiger partial charge in [-0.05, 0) is 90.9 Å². The summed E-state index contributed by atoms with van der Waals surface area (Å²) in [6.45, 7) is 4.63. The Balaban J connectivity index is 1.62. The van der Waals surface area contributed by atoms with E-state index < -0.39 is 0 Å². The Labute approximate surface area is 159 Å². The smallest absolute Gasteiger partial charge is 0.115 e. The van der Waals surface area contributed by atoms with Gasteiger partial charge in [-0.1, -0.05) is 45.6 Å². The first kappa shape index (κ1) is 18.3. The summed E-state index contributed by atoms with van der Waals surface area (Å²) in [5.41, 5.74) is 3.09. The maximum Gasteiger partial charge on any atom is 0.115 e. The number of phenols is 1. The van der Waals surface area contributed by atoms with Crippen LogP contribution in [0.5, 0.6) is 5.75 Å². The van der Waals surface area contributed by atoms with Crippen LogP contribution in [0.4, 0.5) is 0 Å². The van der Waals surface area contributed by atoms with E-state index in [-0.39, 0.29) is 11.5 Å². The Bertz CT molecular complexity index is 639. The van der Waals surface area contributed by atoms with Gasteiger partial charge >= 0.3 is 0 Å². The molecule has 2 fully saturated rings. The fourth-order valence-corrected chi connectivity index (χ4v) is 6.77. The van der Waals surface area contributed by atoms with Crippen LogP contribution < -0.4 is 0 Å². The van der Waals surface area contributed by atoms with Crippen molar-refractivity contribution in [3.05, 3.63) is 29.3 Å². The zero-order valence-corrected chi connectivity index (χ0v) is 16.6. The zero-order valence-electron chi connectivity index (χ0n) is 16.6. The van der Waals surface area contributed by atoms with Crippen LogP contribution in [-0.4, -0.2) is 16.3 Å². The van der Waals surface area contributed by atoms with Crippen molar-refractivity contribution < 1.29 is 10.2 Å². The predicted octanol–water partition coefficient (Wildman–Crippen LogP) is 6.12. The van der Waals surface area contributed by atoms with Gasteiger partial charge in [0.25, 0.3) is 0 Å². The van der Waals surface area contributed by atoms with E-state index in [0.717, 1.165) is 18.8 Å². The summed E-state index contributed by atoms with van der Waals surface area (Å²) < 4.78 is 0. The number of unbranched alkanes of at least 4 members (excludes halogenated alkanes) is 3. The van der Waals surface area contributed by atoms with Crippen LogP contribution in [0, 0.1) is 17.3 Å². The third kappa shape index (κ3) is 2.99. The van der Waals surface area contributed by atoms with E-state index in [1.54, 1.807) is 0 Å². The highest BCUT2D eigenvalue weighted by molar-refractivity contribution is 5.42. The molecule has 0 aromatic heterocycles. The van der Waals surface area contributed by atoms with Crippen LogP contribution in [0.1, 0.15) is 101 Å². The molecule has 6 atom stereocenters. The molecule has 3 aliphatic rings. The van der Waals surface area contributed by atoms with Crippen molar-refractivity contribution in [1.82, 2.24) is 0 Å². The summed E-state index contributed by atoms with van der Waals surface area (Å²) >= 11 is 0. The molecule has 26 heavy (non-hydrogen) atoms. The monoisotopic (exact) mass is 356 g/mol. The third-order valence-corrected chi connectivity index (χ3v) is 8.26. The van der Waals surface area contributed by atoms with E-state index in [1.807, 2.05) is 6.07 Å². The highest BCUT2D eigenvalue weighted by Crippen LogP contribution is 2.62. The molecule has 2 heteroatoms. The fraction of sp³-hybridized carbons (Fsp3) is 0.750. The number of aliphatic hydroxyl groups excluding tert-OH is 1. The minimum Gasteiger partial charge on any atom is -0.508 e. The Morgan fingerprint density at radius 2 is 1.92 bits per heavy atom. The lowest BCUT2D eigenvalue weighted by molar-refractivity contribution is -0.0252. The normalized spacial score (nSPS) is 38.5. The standard InChI is InChI=1S/C24H36O2/c1-3-4-5-6-7-16-14-21-19(18-9-8-17(25)15-20(16)18)12-13-24(2)22(21)10-11-23(24)26/h8-9,15-16,19,21-23,25-26H,3-7,10-14H2,1-2H3/t16-,19-,21-,22+,23+,24+/m1/s1. The van der Waals surface area contributed by atoms with Gasteiger partial charge in [0, 0.05) is 0 Å². The summed E-state index contributed by atoms with van der Waals surface area (Å²) in [5, 5.41) is 20.7. The van der Waals surface area contributed by atoms with Crippen molar-refractivity contribution in [3.63, 3.8) is 0 Å². The lowest BCUT2D eigenvalue weighted by atomic mass is 9.53. The number of phenolic OH excluding ortho intramolecular Hbond substituents is 1. The van der Waals surface area contributed by atoms with Crippen molar-refractivity contribution in [2.24, 2.45) is 17.3 Å². The van der Waals surface area contributed by atoms with Crippen molar-refractivity contribution >= 4 is 0 Å². The van der Waals surface area contributed by atoms with Gasteiger partial charge in [-0.15, -0.1) is 0 Å². The second-order valence-corrected chi connectivity index (χ2v) is 9.61.